The van der Waals surface area contributed by atoms with E-state index in [0.29, 0.717) is 6.54 Å². The van der Waals surface area contributed by atoms with Gasteiger partial charge in [0.25, 0.3) is 0 Å². The van der Waals surface area contributed by atoms with Gasteiger partial charge in [0.2, 0.25) is 11.8 Å². The molecule has 1 aliphatic heterocycles. The number of likely N-dealkylation sites (tertiary alicyclic amines) is 1. The van der Waals surface area contributed by atoms with E-state index in [0.717, 1.165) is 38.1 Å². The van der Waals surface area contributed by atoms with E-state index in [9.17, 15) is 9.59 Å². The van der Waals surface area contributed by atoms with Crippen LogP contribution in [0.4, 0.5) is 0 Å². The van der Waals surface area contributed by atoms with Gasteiger partial charge in [0, 0.05) is 12.6 Å². The van der Waals surface area contributed by atoms with Crippen LogP contribution >= 0.6 is 0 Å². The summed E-state index contributed by atoms with van der Waals surface area (Å²) in [6, 6.07) is 5.09. The number of hydrogen-bond acceptors (Lipinski definition) is 3. The van der Waals surface area contributed by atoms with Crippen LogP contribution in [-0.2, 0) is 9.59 Å². The van der Waals surface area contributed by atoms with Crippen molar-refractivity contribution in [1.82, 2.24) is 4.90 Å². The Kier molecular flexibility index (Phi) is 6.43. The zero-order valence-electron chi connectivity index (χ0n) is 15.1. The number of carbonyl (C=O) groups is 2. The number of rotatable bonds is 8. The van der Waals surface area contributed by atoms with Crippen LogP contribution in [0.15, 0.2) is 0 Å². The molecule has 0 aromatic rings. The Morgan fingerprint density at radius 3 is 1.96 bits per heavy atom. The summed E-state index contributed by atoms with van der Waals surface area (Å²) < 4.78 is 0. The summed E-state index contributed by atoms with van der Waals surface area (Å²) in [6.45, 7) is 7.42. The van der Waals surface area contributed by atoms with Gasteiger partial charge in [-0.2, -0.15) is 0 Å². The van der Waals surface area contributed by atoms with Crippen LogP contribution in [0, 0.1) is 11.8 Å². The van der Waals surface area contributed by atoms with Crippen LogP contribution < -0.4 is 5.73 Å². The Bertz CT molecular complexity index is 404. The minimum Gasteiger partial charge on any atom is -0.328 e. The molecular formula is C18H34N2O2Si. The lowest BCUT2D eigenvalue weighted by Gasteiger charge is -2.31. The molecule has 0 spiro atoms. The summed E-state index contributed by atoms with van der Waals surface area (Å²) in [5.74, 6) is 0.111. The second kappa shape index (κ2) is 7.93. The number of nitrogens with zero attached hydrogens (tertiary/aromatic N) is 1. The van der Waals surface area contributed by atoms with Crippen LogP contribution in [-0.4, -0.2) is 37.4 Å². The molecule has 2 amide bonds. The van der Waals surface area contributed by atoms with Gasteiger partial charge in [-0.15, -0.1) is 0 Å². The lowest BCUT2D eigenvalue weighted by molar-refractivity contribution is -0.140. The first-order chi connectivity index (χ1) is 11.0. The largest absolute Gasteiger partial charge is 0.328 e. The molecule has 5 heteroatoms. The van der Waals surface area contributed by atoms with E-state index in [2.05, 4.69) is 20.8 Å². The predicted molar refractivity (Wildman–Crippen MR) is 96.8 cm³/mol. The average Bonchev–Trinajstić information content (AvgIpc) is 2.82. The van der Waals surface area contributed by atoms with Crippen LogP contribution in [0.3, 0.4) is 0 Å². The number of carbonyl (C=O) groups excluding carboxylic acids is 2. The highest BCUT2D eigenvalue weighted by molar-refractivity contribution is 6.79. The lowest BCUT2D eigenvalue weighted by Crippen LogP contribution is -2.41. The summed E-state index contributed by atoms with van der Waals surface area (Å²) in [5.41, 5.74) is 6.39. The van der Waals surface area contributed by atoms with Crippen LogP contribution in [0.25, 0.3) is 0 Å². The van der Waals surface area contributed by atoms with E-state index in [-0.39, 0.29) is 29.7 Å². The minimum atomic E-state index is -1.24. The van der Waals surface area contributed by atoms with Gasteiger partial charge in [0.1, 0.15) is 0 Å². The maximum Gasteiger partial charge on any atom is 0.233 e. The first kappa shape index (κ1) is 18.7. The molecule has 3 atom stereocenters. The molecule has 2 aliphatic rings. The molecular weight excluding hydrogens is 304 g/mol. The second-order valence-electron chi connectivity index (χ2n) is 7.64. The van der Waals surface area contributed by atoms with Gasteiger partial charge >= 0.3 is 0 Å². The standard InChI is InChI=1S/C18H34N2O2Si/c1-4-23(5-2,6-3)13-14(19)11-12-20-17(21)15-9-7-8-10-16(15)18(20)22/h14-16H,4-13,19H2,1-3H3. The molecule has 1 heterocycles. The third kappa shape index (κ3) is 3.87. The van der Waals surface area contributed by atoms with Crippen molar-refractivity contribution in [3.05, 3.63) is 0 Å². The molecule has 3 unspecified atom stereocenters. The molecule has 1 saturated heterocycles. The highest BCUT2D eigenvalue weighted by Crippen LogP contribution is 2.38. The number of imide groups is 1. The minimum absolute atomic E-state index is 0.0251. The van der Waals surface area contributed by atoms with Crippen molar-refractivity contribution >= 4 is 19.9 Å². The molecule has 23 heavy (non-hydrogen) atoms. The van der Waals surface area contributed by atoms with Crippen LogP contribution in [0.5, 0.6) is 0 Å². The quantitative estimate of drug-likeness (QED) is 0.545. The second-order valence-corrected chi connectivity index (χ2v) is 13.2. The van der Waals surface area contributed by atoms with Crippen molar-refractivity contribution in [2.75, 3.05) is 6.54 Å². The highest BCUT2D eigenvalue weighted by Gasteiger charge is 2.47. The van der Waals surface area contributed by atoms with E-state index >= 15 is 0 Å². The Hall–Kier alpha value is -0.683. The van der Waals surface area contributed by atoms with E-state index < -0.39 is 8.07 Å². The van der Waals surface area contributed by atoms with E-state index in [1.807, 2.05) is 0 Å². The third-order valence-corrected chi connectivity index (χ3v) is 12.5. The molecule has 1 aliphatic carbocycles. The van der Waals surface area contributed by atoms with Gasteiger partial charge in [0.15, 0.2) is 0 Å². The van der Waals surface area contributed by atoms with Gasteiger partial charge in [0.05, 0.1) is 19.9 Å². The van der Waals surface area contributed by atoms with Gasteiger partial charge < -0.3 is 5.73 Å². The summed E-state index contributed by atoms with van der Waals surface area (Å²) in [4.78, 5) is 26.5. The first-order valence-electron chi connectivity index (χ1n) is 9.58. The molecule has 0 bridgehead atoms. The fourth-order valence-corrected chi connectivity index (χ4v) is 8.27. The number of amides is 2. The Labute approximate surface area is 142 Å². The Morgan fingerprint density at radius 2 is 1.52 bits per heavy atom. The molecule has 2 rings (SSSR count). The first-order valence-corrected chi connectivity index (χ1v) is 12.4. The Morgan fingerprint density at radius 1 is 1.04 bits per heavy atom. The maximum atomic E-state index is 12.5. The van der Waals surface area contributed by atoms with E-state index in [4.69, 9.17) is 5.73 Å². The zero-order valence-corrected chi connectivity index (χ0v) is 16.1. The molecule has 132 valence electrons. The summed E-state index contributed by atoms with van der Waals surface area (Å²) >= 11 is 0. The maximum absolute atomic E-state index is 12.5. The fourth-order valence-electron chi connectivity index (χ4n) is 4.59. The fraction of sp³-hybridized carbons (Fsp3) is 0.889. The normalized spacial score (nSPS) is 26.5. The van der Waals surface area contributed by atoms with E-state index in [1.54, 1.807) is 0 Å². The molecule has 0 radical (unpaired) electrons. The van der Waals surface area contributed by atoms with Crippen molar-refractivity contribution in [2.24, 2.45) is 17.6 Å². The number of fused-ring (bicyclic) bond motifs is 1. The predicted octanol–water partition coefficient (Wildman–Crippen LogP) is 3.39. The molecule has 2 fully saturated rings. The van der Waals surface area contributed by atoms with Crippen molar-refractivity contribution in [3.63, 3.8) is 0 Å². The van der Waals surface area contributed by atoms with Crippen molar-refractivity contribution < 1.29 is 9.59 Å². The van der Waals surface area contributed by atoms with Crippen molar-refractivity contribution in [1.29, 1.82) is 0 Å². The van der Waals surface area contributed by atoms with Crippen LogP contribution in [0.2, 0.25) is 24.2 Å². The topological polar surface area (TPSA) is 63.4 Å². The van der Waals surface area contributed by atoms with E-state index in [1.165, 1.54) is 23.0 Å². The molecule has 1 saturated carbocycles. The Balaban J connectivity index is 1.90. The summed E-state index contributed by atoms with van der Waals surface area (Å²) in [7, 11) is -1.24. The zero-order chi connectivity index (χ0) is 17.0. The third-order valence-electron chi connectivity index (χ3n) is 6.60. The number of hydrogen-bond donors (Lipinski definition) is 1. The molecule has 4 nitrogen and oxygen atoms in total. The smallest absolute Gasteiger partial charge is 0.233 e. The SMILES string of the molecule is CC[Si](CC)(CC)CC(N)CCN1C(=O)C2CCCCC2C1=O. The molecule has 0 aromatic carbocycles. The lowest BCUT2D eigenvalue weighted by atomic mass is 9.81. The monoisotopic (exact) mass is 338 g/mol. The highest BCUT2D eigenvalue weighted by atomic mass is 28.3. The molecule has 2 N–H and O–H groups in total. The van der Waals surface area contributed by atoms with Crippen LogP contribution in [0.1, 0.15) is 52.9 Å². The van der Waals surface area contributed by atoms with Crippen molar-refractivity contribution in [3.8, 4) is 0 Å². The van der Waals surface area contributed by atoms with Crippen molar-refractivity contribution in [2.45, 2.75) is 83.1 Å². The average molecular weight is 339 g/mol. The van der Waals surface area contributed by atoms with Gasteiger partial charge in [-0.05, 0) is 25.3 Å². The van der Waals surface area contributed by atoms with Gasteiger partial charge in [-0.3, -0.25) is 14.5 Å². The van der Waals surface area contributed by atoms with Gasteiger partial charge in [-0.1, -0.05) is 51.7 Å². The molecule has 0 aromatic heterocycles. The summed E-state index contributed by atoms with van der Waals surface area (Å²) in [5, 5.41) is 0. The summed E-state index contributed by atoms with van der Waals surface area (Å²) in [6.07, 6.45) is 4.74. The van der Waals surface area contributed by atoms with Gasteiger partial charge in [-0.25, -0.2) is 0 Å². The number of nitrogens with two attached hydrogens (primary N) is 1.